The molecular weight excluding hydrogens is 224 g/mol. The lowest BCUT2D eigenvalue weighted by atomic mass is 10.00. The topological polar surface area (TPSA) is 38.5 Å². The molecule has 100 valence electrons. The molecule has 1 aromatic rings. The van der Waals surface area contributed by atoms with Crippen LogP contribution < -0.4 is 5.73 Å². The highest BCUT2D eigenvalue weighted by atomic mass is 16.5. The molecule has 2 rings (SSSR count). The first-order chi connectivity index (χ1) is 8.74. The fourth-order valence-corrected chi connectivity index (χ4v) is 2.48. The molecule has 2 N–H and O–H groups in total. The lowest BCUT2D eigenvalue weighted by Gasteiger charge is -2.33. The molecule has 1 aliphatic rings. The smallest absolute Gasteiger partial charge is 0.0589 e. The van der Waals surface area contributed by atoms with Crippen molar-refractivity contribution in [2.45, 2.75) is 37.9 Å². The number of rotatable bonds is 7. The minimum absolute atomic E-state index is 0.0728. The van der Waals surface area contributed by atoms with Crippen LogP contribution in [0.25, 0.3) is 0 Å². The molecule has 0 bridgehead atoms. The second-order valence-corrected chi connectivity index (χ2v) is 5.14. The molecule has 2 unspecified atom stereocenters. The number of hydrogen-bond donors (Lipinski definition) is 1. The van der Waals surface area contributed by atoms with Crippen LogP contribution in [0.4, 0.5) is 0 Å². The monoisotopic (exact) mass is 248 g/mol. The van der Waals surface area contributed by atoms with Crippen molar-refractivity contribution >= 4 is 0 Å². The van der Waals surface area contributed by atoms with Crippen LogP contribution in [0.3, 0.4) is 0 Å². The maximum atomic E-state index is 6.39. The third kappa shape index (κ3) is 3.31. The summed E-state index contributed by atoms with van der Waals surface area (Å²) in [6.45, 7) is 3.98. The van der Waals surface area contributed by atoms with Crippen molar-refractivity contribution < 1.29 is 4.74 Å². The second-order valence-electron chi connectivity index (χ2n) is 5.14. The first-order valence-corrected chi connectivity index (χ1v) is 6.79. The minimum Gasteiger partial charge on any atom is -0.383 e. The maximum absolute atomic E-state index is 6.39. The average Bonchev–Trinajstić information content (AvgIpc) is 3.24. The molecule has 0 aliphatic heterocycles. The lowest BCUT2D eigenvalue weighted by Crippen LogP contribution is -2.43. The van der Waals surface area contributed by atoms with E-state index >= 15 is 0 Å². The molecule has 0 radical (unpaired) electrons. The zero-order valence-electron chi connectivity index (χ0n) is 11.4. The van der Waals surface area contributed by atoms with Gasteiger partial charge in [-0.05, 0) is 25.3 Å². The van der Waals surface area contributed by atoms with Gasteiger partial charge in [0.25, 0.3) is 0 Å². The van der Waals surface area contributed by atoms with Crippen molar-refractivity contribution in [1.29, 1.82) is 0 Å². The highest BCUT2D eigenvalue weighted by Gasteiger charge is 2.34. The van der Waals surface area contributed by atoms with Gasteiger partial charge in [0.2, 0.25) is 0 Å². The summed E-state index contributed by atoms with van der Waals surface area (Å²) >= 11 is 0. The summed E-state index contributed by atoms with van der Waals surface area (Å²) in [4.78, 5) is 2.50. The molecule has 0 saturated heterocycles. The lowest BCUT2D eigenvalue weighted by molar-refractivity contribution is 0.109. The van der Waals surface area contributed by atoms with Gasteiger partial charge in [-0.1, -0.05) is 30.3 Å². The van der Waals surface area contributed by atoms with Crippen molar-refractivity contribution in [3.05, 3.63) is 35.9 Å². The predicted octanol–water partition coefficient (Wildman–Crippen LogP) is 2.19. The standard InChI is InChI=1S/C15H24N2O/c1-12(15(16)13-6-4-3-5-7-13)17(10-11-18-2)14-8-9-14/h3-7,12,14-15H,8-11,16H2,1-2H3. The number of nitrogens with two attached hydrogens (primary N) is 1. The number of methoxy groups -OCH3 is 1. The Morgan fingerprint density at radius 1 is 1.33 bits per heavy atom. The summed E-state index contributed by atoms with van der Waals surface area (Å²) < 4.78 is 5.20. The number of nitrogens with zero attached hydrogens (tertiary/aromatic N) is 1. The van der Waals surface area contributed by atoms with E-state index in [1.807, 2.05) is 6.07 Å². The van der Waals surface area contributed by atoms with E-state index in [0.717, 1.165) is 13.2 Å². The maximum Gasteiger partial charge on any atom is 0.0589 e. The van der Waals surface area contributed by atoms with Gasteiger partial charge in [-0.25, -0.2) is 0 Å². The van der Waals surface area contributed by atoms with E-state index in [0.29, 0.717) is 12.1 Å². The summed E-state index contributed by atoms with van der Waals surface area (Å²) in [5, 5.41) is 0. The summed E-state index contributed by atoms with van der Waals surface area (Å²) in [7, 11) is 1.76. The first-order valence-electron chi connectivity index (χ1n) is 6.79. The Labute approximate surface area is 110 Å². The van der Waals surface area contributed by atoms with Gasteiger partial charge >= 0.3 is 0 Å². The highest BCUT2D eigenvalue weighted by molar-refractivity contribution is 5.20. The van der Waals surface area contributed by atoms with E-state index < -0.39 is 0 Å². The second kappa shape index (κ2) is 6.32. The van der Waals surface area contributed by atoms with Gasteiger partial charge in [0, 0.05) is 31.8 Å². The molecule has 0 amide bonds. The van der Waals surface area contributed by atoms with Crippen LogP contribution in [0.2, 0.25) is 0 Å². The van der Waals surface area contributed by atoms with Gasteiger partial charge in [-0.15, -0.1) is 0 Å². The molecule has 0 aromatic heterocycles. The zero-order chi connectivity index (χ0) is 13.0. The third-order valence-electron chi connectivity index (χ3n) is 3.80. The molecule has 0 spiro atoms. The quantitative estimate of drug-likeness (QED) is 0.804. The zero-order valence-corrected chi connectivity index (χ0v) is 11.4. The van der Waals surface area contributed by atoms with Crippen LogP contribution in [-0.2, 0) is 4.74 Å². The van der Waals surface area contributed by atoms with Gasteiger partial charge in [-0.2, -0.15) is 0 Å². The van der Waals surface area contributed by atoms with Gasteiger partial charge < -0.3 is 10.5 Å². The summed E-state index contributed by atoms with van der Waals surface area (Å²) in [6, 6.07) is 11.5. The summed E-state index contributed by atoms with van der Waals surface area (Å²) in [6.07, 6.45) is 2.60. The van der Waals surface area contributed by atoms with E-state index in [-0.39, 0.29) is 6.04 Å². The largest absolute Gasteiger partial charge is 0.383 e. The predicted molar refractivity (Wildman–Crippen MR) is 74.4 cm³/mol. The fourth-order valence-electron chi connectivity index (χ4n) is 2.48. The SMILES string of the molecule is COCCN(C1CC1)C(C)C(N)c1ccccc1. The highest BCUT2D eigenvalue weighted by Crippen LogP contribution is 2.31. The van der Waals surface area contributed by atoms with E-state index in [2.05, 4.69) is 36.1 Å². The Balaban J connectivity index is 2.01. The Kier molecular flexibility index (Phi) is 4.75. The Morgan fingerprint density at radius 3 is 2.56 bits per heavy atom. The molecule has 2 atom stereocenters. The van der Waals surface area contributed by atoms with Crippen molar-refractivity contribution in [2.75, 3.05) is 20.3 Å². The van der Waals surface area contributed by atoms with Gasteiger partial charge in [0.15, 0.2) is 0 Å². The fraction of sp³-hybridized carbons (Fsp3) is 0.600. The van der Waals surface area contributed by atoms with Crippen molar-refractivity contribution in [3.8, 4) is 0 Å². The molecule has 3 heteroatoms. The van der Waals surface area contributed by atoms with E-state index in [1.54, 1.807) is 7.11 Å². The third-order valence-corrected chi connectivity index (χ3v) is 3.80. The van der Waals surface area contributed by atoms with Crippen LogP contribution >= 0.6 is 0 Å². The molecule has 18 heavy (non-hydrogen) atoms. The van der Waals surface area contributed by atoms with Crippen LogP contribution in [0, 0.1) is 0 Å². The molecule has 3 nitrogen and oxygen atoms in total. The van der Waals surface area contributed by atoms with Crippen molar-refractivity contribution in [1.82, 2.24) is 4.90 Å². The van der Waals surface area contributed by atoms with Gasteiger partial charge in [-0.3, -0.25) is 4.90 Å². The van der Waals surface area contributed by atoms with E-state index in [4.69, 9.17) is 10.5 Å². The van der Waals surface area contributed by atoms with Crippen molar-refractivity contribution in [3.63, 3.8) is 0 Å². The Morgan fingerprint density at radius 2 is 2.00 bits per heavy atom. The Hall–Kier alpha value is -0.900. The van der Waals surface area contributed by atoms with Crippen LogP contribution in [0.5, 0.6) is 0 Å². The molecule has 1 fully saturated rings. The summed E-state index contributed by atoms with van der Waals surface area (Å²) in [5.41, 5.74) is 7.61. The van der Waals surface area contributed by atoms with Crippen LogP contribution in [0.15, 0.2) is 30.3 Å². The molecule has 1 saturated carbocycles. The van der Waals surface area contributed by atoms with E-state index in [9.17, 15) is 0 Å². The number of ether oxygens (including phenoxy) is 1. The van der Waals surface area contributed by atoms with Crippen molar-refractivity contribution in [2.24, 2.45) is 5.73 Å². The minimum atomic E-state index is 0.0728. The van der Waals surface area contributed by atoms with Crippen LogP contribution in [0.1, 0.15) is 31.4 Å². The van der Waals surface area contributed by atoms with Crippen LogP contribution in [-0.4, -0.2) is 37.2 Å². The average molecular weight is 248 g/mol. The molecule has 1 aliphatic carbocycles. The van der Waals surface area contributed by atoms with E-state index in [1.165, 1.54) is 18.4 Å². The number of benzene rings is 1. The number of hydrogen-bond acceptors (Lipinski definition) is 3. The molecule has 1 aromatic carbocycles. The normalized spacial score (nSPS) is 18.9. The molecular formula is C15H24N2O. The summed E-state index contributed by atoms with van der Waals surface area (Å²) in [5.74, 6) is 0. The Bertz CT molecular complexity index is 351. The van der Waals surface area contributed by atoms with Gasteiger partial charge in [0.05, 0.1) is 6.61 Å². The molecule has 0 heterocycles. The van der Waals surface area contributed by atoms with Gasteiger partial charge in [0.1, 0.15) is 0 Å². The first kappa shape index (κ1) is 13.5.